The van der Waals surface area contributed by atoms with E-state index < -0.39 is 16.6 Å². The lowest BCUT2D eigenvalue weighted by atomic mass is 10.3. The van der Waals surface area contributed by atoms with E-state index in [1.165, 1.54) is 15.6 Å². The summed E-state index contributed by atoms with van der Waals surface area (Å²) >= 11 is 0. The monoisotopic (exact) mass is 501 g/mol. The molecule has 0 saturated carbocycles. The molecule has 0 heterocycles. The Morgan fingerprint density at radius 2 is 0.722 bits per heavy atom. The molecule has 0 radical (unpaired) electrons. The predicted molar refractivity (Wildman–Crippen MR) is 157 cm³/mol. The van der Waals surface area contributed by atoms with Crippen molar-refractivity contribution in [3.63, 3.8) is 0 Å². The Labute approximate surface area is 216 Å². The molecule has 178 valence electrons. The Morgan fingerprint density at radius 1 is 0.417 bits per heavy atom. The Bertz CT molecular complexity index is 1330. The minimum atomic E-state index is -3.34. The molecule has 0 aliphatic carbocycles. The van der Waals surface area contributed by atoms with Gasteiger partial charge in [0, 0.05) is 0 Å². The minimum Gasteiger partial charge on any atom is -0.421 e. The summed E-state index contributed by atoms with van der Waals surface area (Å²) in [6, 6.07) is 50.8. The zero-order valence-corrected chi connectivity index (χ0v) is 22.8. The van der Waals surface area contributed by atoms with E-state index in [0.717, 1.165) is 15.6 Å². The Hall–Kier alpha value is -3.55. The van der Waals surface area contributed by atoms with Crippen LogP contribution in [0.25, 0.3) is 0 Å². The van der Waals surface area contributed by atoms with Crippen LogP contribution >= 0.6 is 0 Å². The van der Waals surface area contributed by atoms with Crippen molar-refractivity contribution in [3.8, 4) is 0 Å². The van der Waals surface area contributed by atoms with Crippen LogP contribution in [0.4, 0.5) is 0 Å². The van der Waals surface area contributed by atoms with Gasteiger partial charge in [-0.05, 0) is 45.2 Å². The fourth-order valence-electron chi connectivity index (χ4n) is 5.54. The van der Waals surface area contributed by atoms with E-state index in [4.69, 9.17) is 0 Å². The lowest BCUT2D eigenvalue weighted by molar-refractivity contribution is 0.583. The maximum atomic E-state index is 13.0. The van der Waals surface area contributed by atoms with E-state index in [1.807, 2.05) is 36.4 Å². The average Bonchev–Trinajstić information content (AvgIpc) is 2.95. The molecule has 4 heteroatoms. The minimum absolute atomic E-state index is 0.992. The predicted octanol–water partition coefficient (Wildman–Crippen LogP) is 2.17. The molecule has 0 atom stereocenters. The second-order valence-corrected chi connectivity index (χ2v) is 16.4. The summed E-state index contributed by atoms with van der Waals surface area (Å²) < 4.78 is 2.42. The van der Waals surface area contributed by atoms with Crippen LogP contribution in [0.15, 0.2) is 146 Å². The number of hydrogen-bond donors (Lipinski definition) is 1. The van der Waals surface area contributed by atoms with Crippen LogP contribution in [-0.4, -0.2) is 40.0 Å². The van der Waals surface area contributed by atoms with Crippen LogP contribution in [0.5, 0.6) is 0 Å². The van der Waals surface area contributed by atoms with E-state index >= 15 is 0 Å². The molecule has 0 aliphatic heterocycles. The van der Waals surface area contributed by atoms with Gasteiger partial charge >= 0.3 is 0 Å². The van der Waals surface area contributed by atoms with E-state index in [9.17, 15) is 4.80 Å². The van der Waals surface area contributed by atoms with Gasteiger partial charge in [0.25, 0.3) is 8.32 Å². The van der Waals surface area contributed by atoms with E-state index in [0.29, 0.717) is 0 Å². The van der Waals surface area contributed by atoms with Crippen molar-refractivity contribution in [1.29, 1.82) is 0 Å². The topological polar surface area (TPSA) is 23.5 Å². The summed E-state index contributed by atoms with van der Waals surface area (Å²) in [5.41, 5.74) is 0. The van der Waals surface area contributed by atoms with Gasteiger partial charge in [-0.25, -0.2) is 0 Å². The number of benzene rings is 5. The third-order valence-corrected chi connectivity index (χ3v) is 15.8. The highest BCUT2D eigenvalue weighted by Crippen LogP contribution is 2.13. The van der Waals surface area contributed by atoms with Crippen molar-refractivity contribution in [2.45, 2.75) is 0 Å². The Kier molecular flexibility index (Phi) is 6.85. The third-order valence-electron chi connectivity index (χ3n) is 7.14. The van der Waals surface area contributed by atoms with Gasteiger partial charge in [0.1, 0.15) is 0 Å². The summed E-state index contributed by atoms with van der Waals surface area (Å²) in [4.78, 5) is 13.0. The number of rotatable bonds is 7. The zero-order valence-electron chi connectivity index (χ0n) is 20.8. The number of nitrogens with zero attached hydrogens (tertiary/aromatic N) is 1. The van der Waals surface area contributed by atoms with E-state index in [2.05, 4.69) is 128 Å². The molecular formula is C32H31NOSi2. The molecule has 0 bridgehead atoms. The van der Waals surface area contributed by atoms with Crippen molar-refractivity contribution in [1.82, 2.24) is 4.57 Å². The Balaban J connectivity index is 1.91. The van der Waals surface area contributed by atoms with Crippen molar-refractivity contribution in [2.75, 3.05) is 14.1 Å². The van der Waals surface area contributed by atoms with Crippen molar-refractivity contribution < 1.29 is 4.80 Å². The van der Waals surface area contributed by atoms with Gasteiger partial charge in [-0.3, -0.25) is 0 Å². The molecule has 0 aliphatic rings. The fraction of sp³-hybridized carbons (Fsp3) is 0.0625. The van der Waals surface area contributed by atoms with Gasteiger partial charge in [-0.2, -0.15) is 0 Å². The van der Waals surface area contributed by atoms with Gasteiger partial charge in [0.15, 0.2) is 0 Å². The SMILES string of the molecule is CN(C)[Si](c1ccccc1)(c1ccccc1)c1ccccc1[Si](O)(c1ccccc1)c1ccccc1. The van der Waals surface area contributed by atoms with Gasteiger partial charge < -0.3 is 9.36 Å². The molecule has 0 aromatic heterocycles. The lowest BCUT2D eigenvalue weighted by Crippen LogP contribution is -2.82. The maximum absolute atomic E-state index is 13.0. The van der Waals surface area contributed by atoms with Crippen molar-refractivity contribution in [3.05, 3.63) is 146 Å². The summed E-state index contributed by atoms with van der Waals surface area (Å²) in [6.45, 7) is 0. The summed E-state index contributed by atoms with van der Waals surface area (Å²) in [7, 11) is -1.67. The molecular weight excluding hydrogens is 471 g/mol. The van der Waals surface area contributed by atoms with Gasteiger partial charge in [0.05, 0.1) is 0 Å². The van der Waals surface area contributed by atoms with E-state index in [1.54, 1.807) is 0 Å². The van der Waals surface area contributed by atoms with Crippen molar-refractivity contribution in [2.24, 2.45) is 0 Å². The maximum Gasteiger partial charge on any atom is 0.285 e. The zero-order chi connectivity index (χ0) is 25.0. The number of hydrogen-bond acceptors (Lipinski definition) is 2. The first kappa shape index (κ1) is 24.2. The standard InChI is InChI=1S/C32H31NOSi2/c1-33(2)35(27-17-7-3-8-18-27,28-19-9-4-10-20-28)31-25-15-16-26-32(31)36(34,29-21-11-5-12-22-29)30-23-13-6-14-24-30/h3-26,34H,1-2H3. The highest BCUT2D eigenvalue weighted by Gasteiger charge is 2.49. The first-order valence-electron chi connectivity index (χ1n) is 12.3. The van der Waals surface area contributed by atoms with E-state index in [-0.39, 0.29) is 0 Å². The molecule has 2 nitrogen and oxygen atoms in total. The van der Waals surface area contributed by atoms with Gasteiger partial charge in [0.2, 0.25) is 8.24 Å². The van der Waals surface area contributed by atoms with Crippen LogP contribution in [0.1, 0.15) is 0 Å². The van der Waals surface area contributed by atoms with Crippen molar-refractivity contribution >= 4 is 47.7 Å². The smallest absolute Gasteiger partial charge is 0.285 e. The quantitative estimate of drug-likeness (QED) is 0.273. The van der Waals surface area contributed by atoms with Crippen LogP contribution < -0.4 is 31.1 Å². The normalized spacial score (nSPS) is 12.0. The lowest BCUT2D eigenvalue weighted by Gasteiger charge is -2.42. The van der Waals surface area contributed by atoms with Crippen LogP contribution in [0, 0.1) is 0 Å². The summed E-state index contributed by atoms with van der Waals surface area (Å²) in [5, 5.41) is 6.86. The molecule has 1 N–H and O–H groups in total. The molecule has 5 aromatic rings. The molecule has 0 unspecified atom stereocenters. The molecule has 36 heavy (non-hydrogen) atoms. The molecule has 0 spiro atoms. The largest absolute Gasteiger partial charge is 0.421 e. The second-order valence-electron chi connectivity index (χ2n) is 9.32. The van der Waals surface area contributed by atoms with Gasteiger partial charge in [-0.15, -0.1) is 0 Å². The molecule has 0 amide bonds. The van der Waals surface area contributed by atoms with Crippen LogP contribution in [0.3, 0.4) is 0 Å². The summed E-state index contributed by atoms with van der Waals surface area (Å²) in [6.07, 6.45) is 0. The third kappa shape index (κ3) is 3.98. The first-order chi connectivity index (χ1) is 17.6. The van der Waals surface area contributed by atoms with Crippen LogP contribution in [-0.2, 0) is 0 Å². The fourth-order valence-corrected chi connectivity index (χ4v) is 14.4. The first-order valence-corrected chi connectivity index (χ1v) is 16.2. The highest BCUT2D eigenvalue weighted by atomic mass is 28.4. The average molecular weight is 502 g/mol. The van der Waals surface area contributed by atoms with Gasteiger partial charge in [-0.1, -0.05) is 146 Å². The molecule has 0 saturated heterocycles. The molecule has 5 aromatic carbocycles. The molecule has 0 fully saturated rings. The second kappa shape index (κ2) is 10.2. The van der Waals surface area contributed by atoms with Crippen LogP contribution in [0.2, 0.25) is 0 Å². The summed E-state index contributed by atoms with van der Waals surface area (Å²) in [5.74, 6) is 0. The molecule has 5 rings (SSSR count). The Morgan fingerprint density at radius 3 is 1.08 bits per heavy atom. The highest BCUT2D eigenvalue weighted by molar-refractivity contribution is 7.15.